The molecule has 0 aromatic carbocycles. The summed E-state index contributed by atoms with van der Waals surface area (Å²) in [7, 11) is 0. The first-order chi connectivity index (χ1) is 9.16. The third-order valence-electron chi connectivity index (χ3n) is 3.12. The van der Waals surface area contributed by atoms with E-state index >= 15 is 0 Å². The van der Waals surface area contributed by atoms with Gasteiger partial charge in [-0.1, -0.05) is 12.1 Å². The molecule has 0 spiro atoms. The van der Waals surface area contributed by atoms with E-state index in [2.05, 4.69) is 10.1 Å². The molecule has 0 amide bonds. The number of pyridine rings is 1. The van der Waals surface area contributed by atoms with Crippen molar-refractivity contribution in [3.63, 3.8) is 0 Å². The van der Waals surface area contributed by atoms with Crippen LogP contribution >= 0.6 is 0 Å². The first-order valence-electron chi connectivity index (χ1n) is 6.11. The fourth-order valence-corrected chi connectivity index (χ4v) is 2.27. The van der Waals surface area contributed by atoms with Crippen LogP contribution in [-0.4, -0.2) is 25.8 Å². The summed E-state index contributed by atoms with van der Waals surface area (Å²) in [5.74, 6) is -0.967. The van der Waals surface area contributed by atoms with Gasteiger partial charge in [0.2, 0.25) is 0 Å². The largest absolute Gasteiger partial charge is 0.478 e. The first kappa shape index (κ1) is 11.6. The van der Waals surface area contributed by atoms with E-state index in [0.717, 1.165) is 12.1 Å². The number of carboxylic acid groups (broad SMARTS) is 1. The molecule has 19 heavy (non-hydrogen) atoms. The van der Waals surface area contributed by atoms with Crippen LogP contribution in [0.15, 0.2) is 24.3 Å². The maximum absolute atomic E-state index is 11.5. The third kappa shape index (κ3) is 1.93. The van der Waals surface area contributed by atoms with Crippen LogP contribution in [0, 0.1) is 6.92 Å². The Morgan fingerprint density at radius 2 is 2.26 bits per heavy atom. The van der Waals surface area contributed by atoms with Crippen LogP contribution in [0.1, 0.15) is 28.2 Å². The number of aryl methyl sites for hydroxylation is 2. The van der Waals surface area contributed by atoms with E-state index < -0.39 is 5.97 Å². The Kier molecular flexibility index (Phi) is 2.67. The molecule has 5 nitrogen and oxygen atoms in total. The van der Waals surface area contributed by atoms with Gasteiger partial charge in [0.15, 0.2) is 0 Å². The predicted octanol–water partition coefficient (Wildman–Crippen LogP) is 2.37. The summed E-state index contributed by atoms with van der Waals surface area (Å²) in [6.45, 7) is 2.58. The lowest BCUT2D eigenvalue weighted by Gasteiger charge is -2.07. The SMILES string of the molecule is Cc1cccc(-c2nn3c(c2C(=O)O)C=CCC3)n1. The molecule has 1 N–H and O–H groups in total. The van der Waals surface area contributed by atoms with Gasteiger partial charge >= 0.3 is 5.97 Å². The van der Waals surface area contributed by atoms with Crippen LogP contribution in [0.2, 0.25) is 0 Å². The summed E-state index contributed by atoms with van der Waals surface area (Å²) in [6, 6.07) is 5.52. The number of carbonyl (C=O) groups is 1. The second-order valence-electron chi connectivity index (χ2n) is 4.49. The van der Waals surface area contributed by atoms with Gasteiger partial charge in [-0.2, -0.15) is 5.10 Å². The van der Waals surface area contributed by atoms with Crippen LogP contribution in [0.5, 0.6) is 0 Å². The Labute approximate surface area is 110 Å². The van der Waals surface area contributed by atoms with Gasteiger partial charge in [0.05, 0.1) is 11.4 Å². The maximum Gasteiger partial charge on any atom is 0.340 e. The van der Waals surface area contributed by atoms with Gasteiger partial charge in [-0.15, -0.1) is 0 Å². The van der Waals surface area contributed by atoms with Crippen LogP contribution in [0.25, 0.3) is 17.5 Å². The predicted molar refractivity (Wildman–Crippen MR) is 70.8 cm³/mol. The van der Waals surface area contributed by atoms with Crippen LogP contribution < -0.4 is 0 Å². The zero-order chi connectivity index (χ0) is 13.4. The van der Waals surface area contributed by atoms with Gasteiger partial charge in [0.1, 0.15) is 11.3 Å². The van der Waals surface area contributed by atoms with E-state index in [1.165, 1.54) is 0 Å². The fourth-order valence-electron chi connectivity index (χ4n) is 2.27. The molecule has 0 saturated carbocycles. The summed E-state index contributed by atoms with van der Waals surface area (Å²) < 4.78 is 1.74. The van der Waals surface area contributed by atoms with Crippen molar-refractivity contribution in [2.24, 2.45) is 0 Å². The van der Waals surface area contributed by atoms with Crippen LogP contribution in [-0.2, 0) is 6.54 Å². The average molecular weight is 255 g/mol. The van der Waals surface area contributed by atoms with E-state index in [9.17, 15) is 9.90 Å². The van der Waals surface area contributed by atoms with Crippen LogP contribution in [0.3, 0.4) is 0 Å². The molecule has 0 aliphatic carbocycles. The van der Waals surface area contributed by atoms with Gasteiger partial charge in [-0.05, 0) is 31.6 Å². The molecule has 3 heterocycles. The summed E-state index contributed by atoms with van der Waals surface area (Å²) in [5, 5.41) is 13.8. The highest BCUT2D eigenvalue weighted by molar-refractivity contribution is 5.98. The average Bonchev–Trinajstić information content (AvgIpc) is 2.78. The fraction of sp³-hybridized carbons (Fsp3) is 0.214. The molecule has 96 valence electrons. The topological polar surface area (TPSA) is 68.0 Å². The molecule has 0 fully saturated rings. The Balaban J connectivity index is 2.24. The molecule has 2 aromatic heterocycles. The molecule has 0 unspecified atom stereocenters. The van der Waals surface area contributed by atoms with Crippen molar-refractivity contribution < 1.29 is 9.90 Å². The number of nitrogens with zero attached hydrogens (tertiary/aromatic N) is 3. The van der Waals surface area contributed by atoms with Crippen molar-refractivity contribution in [1.29, 1.82) is 0 Å². The second kappa shape index (κ2) is 4.35. The number of rotatable bonds is 2. The van der Waals surface area contributed by atoms with E-state index in [4.69, 9.17) is 0 Å². The van der Waals surface area contributed by atoms with Crippen LogP contribution in [0.4, 0.5) is 0 Å². The summed E-state index contributed by atoms with van der Waals surface area (Å²) in [6.07, 6.45) is 4.66. The molecule has 0 bridgehead atoms. The molecule has 1 aliphatic heterocycles. The summed E-state index contributed by atoms with van der Waals surface area (Å²) in [4.78, 5) is 15.9. The van der Waals surface area contributed by atoms with Crippen molar-refractivity contribution in [3.05, 3.63) is 41.2 Å². The minimum absolute atomic E-state index is 0.231. The maximum atomic E-state index is 11.5. The van der Waals surface area contributed by atoms with Gasteiger partial charge in [-0.3, -0.25) is 9.67 Å². The number of allylic oxidation sites excluding steroid dienone is 1. The molecule has 0 atom stereocenters. The van der Waals surface area contributed by atoms with Crippen molar-refractivity contribution in [3.8, 4) is 11.4 Å². The van der Waals surface area contributed by atoms with E-state index in [-0.39, 0.29) is 5.56 Å². The van der Waals surface area contributed by atoms with E-state index in [0.29, 0.717) is 23.6 Å². The minimum atomic E-state index is -0.967. The highest BCUT2D eigenvalue weighted by atomic mass is 16.4. The number of aromatic carboxylic acids is 1. The zero-order valence-corrected chi connectivity index (χ0v) is 10.5. The molecule has 0 radical (unpaired) electrons. The van der Waals surface area contributed by atoms with Gasteiger partial charge < -0.3 is 5.11 Å². The monoisotopic (exact) mass is 255 g/mol. The molecular formula is C14H13N3O2. The molecule has 5 heteroatoms. The molecule has 2 aromatic rings. The second-order valence-corrected chi connectivity index (χ2v) is 4.49. The van der Waals surface area contributed by atoms with E-state index in [1.54, 1.807) is 10.7 Å². The Morgan fingerprint density at radius 3 is 3.00 bits per heavy atom. The number of aromatic nitrogens is 3. The lowest BCUT2D eigenvalue weighted by atomic mass is 10.1. The first-order valence-corrected chi connectivity index (χ1v) is 6.11. The highest BCUT2D eigenvalue weighted by Gasteiger charge is 2.24. The van der Waals surface area contributed by atoms with Gasteiger partial charge in [0.25, 0.3) is 0 Å². The minimum Gasteiger partial charge on any atom is -0.478 e. The normalized spacial score (nSPS) is 13.3. The highest BCUT2D eigenvalue weighted by Crippen LogP contribution is 2.27. The van der Waals surface area contributed by atoms with Crippen molar-refractivity contribution in [2.75, 3.05) is 0 Å². The van der Waals surface area contributed by atoms with Crippen molar-refractivity contribution >= 4 is 12.0 Å². The lowest BCUT2D eigenvalue weighted by Crippen LogP contribution is -2.07. The molecule has 1 aliphatic rings. The Hall–Kier alpha value is -2.43. The van der Waals surface area contributed by atoms with Gasteiger partial charge in [0, 0.05) is 12.2 Å². The molecule has 0 saturated heterocycles. The van der Waals surface area contributed by atoms with E-state index in [1.807, 2.05) is 31.2 Å². The number of fused-ring (bicyclic) bond motifs is 1. The Bertz CT molecular complexity index is 686. The smallest absolute Gasteiger partial charge is 0.340 e. The Morgan fingerprint density at radius 1 is 1.42 bits per heavy atom. The quantitative estimate of drug-likeness (QED) is 0.894. The number of carboxylic acids is 1. The number of hydrogen-bond acceptors (Lipinski definition) is 3. The van der Waals surface area contributed by atoms with Crippen molar-refractivity contribution in [2.45, 2.75) is 19.9 Å². The zero-order valence-electron chi connectivity index (χ0n) is 10.5. The third-order valence-corrected chi connectivity index (χ3v) is 3.12. The summed E-state index contributed by atoms with van der Waals surface area (Å²) in [5.41, 5.74) is 2.77. The molecular weight excluding hydrogens is 242 g/mol. The van der Waals surface area contributed by atoms with Crippen molar-refractivity contribution in [1.82, 2.24) is 14.8 Å². The number of hydrogen-bond donors (Lipinski definition) is 1. The lowest BCUT2D eigenvalue weighted by molar-refractivity contribution is 0.0697. The molecule has 3 rings (SSSR count). The standard InChI is InChI=1S/C14H13N3O2/c1-9-5-4-6-10(15-9)13-12(14(18)19)11-7-2-3-8-17(11)16-13/h2,4-7H,3,8H2,1H3,(H,18,19). The summed E-state index contributed by atoms with van der Waals surface area (Å²) >= 11 is 0. The van der Waals surface area contributed by atoms with Gasteiger partial charge in [-0.25, -0.2) is 4.79 Å².